The second kappa shape index (κ2) is 6.54. The molecule has 2 nitrogen and oxygen atoms in total. The summed E-state index contributed by atoms with van der Waals surface area (Å²) in [6.07, 6.45) is 1.22. The Morgan fingerprint density at radius 1 is 1.00 bits per heavy atom. The topological polar surface area (TPSA) is 34.1 Å². The molecule has 132 valence electrons. The van der Waals surface area contributed by atoms with Gasteiger partial charge >= 0.3 is 0 Å². The summed E-state index contributed by atoms with van der Waals surface area (Å²) in [7, 11) is -3.96. The van der Waals surface area contributed by atoms with Crippen molar-refractivity contribution in [2.75, 3.05) is 0 Å². The molecule has 0 spiro atoms. The molecule has 0 aliphatic heterocycles. The Labute approximate surface area is 151 Å². The van der Waals surface area contributed by atoms with Crippen molar-refractivity contribution in [3.63, 3.8) is 0 Å². The molecule has 6 heteroatoms. The first-order chi connectivity index (χ1) is 11.8. The van der Waals surface area contributed by atoms with Gasteiger partial charge < -0.3 is 0 Å². The monoisotopic (exact) mass is 382 g/mol. The Morgan fingerprint density at radius 2 is 1.60 bits per heavy atom. The molecule has 1 aliphatic rings. The molecule has 1 aliphatic carbocycles. The second-order valence-electron chi connectivity index (χ2n) is 6.33. The molecule has 0 N–H and O–H groups in total. The minimum Gasteiger partial charge on any atom is -0.223 e. The minimum atomic E-state index is -3.96. The fraction of sp³-hybridized carbons (Fsp3) is 0.263. The van der Waals surface area contributed by atoms with E-state index in [1.54, 1.807) is 0 Å². The number of rotatable bonds is 3. The van der Waals surface area contributed by atoms with Gasteiger partial charge in [-0.05, 0) is 68.1 Å². The quantitative estimate of drug-likeness (QED) is 0.664. The van der Waals surface area contributed by atoms with E-state index in [1.807, 2.05) is 0 Å². The predicted octanol–water partition coefficient (Wildman–Crippen LogP) is 5.42. The molecule has 0 amide bonds. The van der Waals surface area contributed by atoms with Gasteiger partial charge in [0.05, 0.1) is 4.90 Å². The lowest BCUT2D eigenvalue weighted by Gasteiger charge is -2.38. The molecule has 0 aromatic heterocycles. The van der Waals surface area contributed by atoms with Crippen LogP contribution >= 0.6 is 11.6 Å². The number of allylic oxidation sites excluding steroid dienone is 1. The van der Waals surface area contributed by atoms with Gasteiger partial charge in [0.15, 0.2) is 9.84 Å². The summed E-state index contributed by atoms with van der Waals surface area (Å²) in [5.74, 6) is -1.38. The van der Waals surface area contributed by atoms with Crippen LogP contribution < -0.4 is 0 Å². The largest absolute Gasteiger partial charge is 0.223 e. The minimum absolute atomic E-state index is 0.0491. The van der Waals surface area contributed by atoms with Crippen molar-refractivity contribution in [2.45, 2.75) is 35.3 Å². The molecule has 0 bridgehead atoms. The molecule has 25 heavy (non-hydrogen) atoms. The van der Waals surface area contributed by atoms with E-state index < -0.39 is 26.2 Å². The van der Waals surface area contributed by atoms with Crippen LogP contribution in [0.2, 0.25) is 5.02 Å². The van der Waals surface area contributed by atoms with Gasteiger partial charge in [-0.15, -0.1) is 0 Å². The molecule has 0 unspecified atom stereocenters. The lowest BCUT2D eigenvalue weighted by atomic mass is 9.81. The Morgan fingerprint density at radius 3 is 2.20 bits per heavy atom. The number of sulfone groups is 1. The van der Waals surface area contributed by atoms with Crippen LogP contribution in [-0.4, -0.2) is 8.42 Å². The molecule has 0 heterocycles. The third-order valence-corrected chi connectivity index (χ3v) is 7.62. The number of hydrogen-bond donors (Lipinski definition) is 0. The molecular weight excluding hydrogens is 366 g/mol. The zero-order valence-corrected chi connectivity index (χ0v) is 15.0. The first kappa shape index (κ1) is 18.1. The first-order valence-corrected chi connectivity index (χ1v) is 9.75. The summed E-state index contributed by atoms with van der Waals surface area (Å²) < 4.78 is 53.7. The summed E-state index contributed by atoms with van der Waals surface area (Å²) in [5, 5.41) is 0.405. The van der Waals surface area contributed by atoms with Gasteiger partial charge in [-0.2, -0.15) is 0 Å². The normalized spacial score (nSPS) is 17.5. The van der Waals surface area contributed by atoms with E-state index in [0.717, 1.165) is 23.8 Å². The van der Waals surface area contributed by atoms with Crippen LogP contribution in [0.4, 0.5) is 8.78 Å². The first-order valence-electron chi connectivity index (χ1n) is 7.89. The van der Waals surface area contributed by atoms with Gasteiger partial charge in [0.1, 0.15) is 16.4 Å². The average molecular weight is 383 g/mol. The summed E-state index contributed by atoms with van der Waals surface area (Å²) in [6, 6.07) is 8.73. The molecule has 2 aromatic carbocycles. The summed E-state index contributed by atoms with van der Waals surface area (Å²) >= 11 is 5.85. The Kier molecular flexibility index (Phi) is 4.73. The Bertz CT molecular complexity index is 911. The second-order valence-corrected chi connectivity index (χ2v) is 9.02. The third kappa shape index (κ3) is 3.11. The van der Waals surface area contributed by atoms with Gasteiger partial charge in [0.2, 0.25) is 0 Å². The van der Waals surface area contributed by atoms with E-state index in [-0.39, 0.29) is 23.3 Å². The van der Waals surface area contributed by atoms with E-state index >= 15 is 0 Å². The van der Waals surface area contributed by atoms with Crippen molar-refractivity contribution < 1.29 is 17.2 Å². The maximum Gasteiger partial charge on any atom is 0.188 e. The number of halogens is 3. The summed E-state index contributed by atoms with van der Waals surface area (Å²) in [5.41, 5.74) is 0.800. The van der Waals surface area contributed by atoms with Crippen molar-refractivity contribution >= 4 is 21.4 Å². The van der Waals surface area contributed by atoms with E-state index in [0.29, 0.717) is 17.9 Å². The molecule has 1 saturated carbocycles. The fourth-order valence-electron chi connectivity index (χ4n) is 3.38. The van der Waals surface area contributed by atoms with E-state index in [4.69, 9.17) is 11.6 Å². The highest BCUT2D eigenvalue weighted by molar-refractivity contribution is 7.92. The van der Waals surface area contributed by atoms with Crippen LogP contribution in [0.25, 0.3) is 0 Å². The Balaban J connectivity index is 2.23. The smallest absolute Gasteiger partial charge is 0.188 e. The fourth-order valence-corrected chi connectivity index (χ4v) is 5.64. The number of hydrogen-bond acceptors (Lipinski definition) is 2. The molecular formula is C19H17ClF2O2S. The maximum atomic E-state index is 14.5. The van der Waals surface area contributed by atoms with Gasteiger partial charge in [-0.3, -0.25) is 0 Å². The van der Waals surface area contributed by atoms with E-state index in [1.165, 1.54) is 24.3 Å². The highest BCUT2D eigenvalue weighted by Gasteiger charge is 2.49. The highest BCUT2D eigenvalue weighted by atomic mass is 35.5. The predicted molar refractivity (Wildman–Crippen MR) is 94.3 cm³/mol. The van der Waals surface area contributed by atoms with Gasteiger partial charge in [0.25, 0.3) is 0 Å². The number of benzene rings is 2. The zero-order valence-electron chi connectivity index (χ0n) is 13.4. The lowest BCUT2D eigenvalue weighted by molar-refractivity contribution is 0.411. The van der Waals surface area contributed by atoms with Crippen LogP contribution in [0.15, 0.2) is 59.5 Å². The average Bonchev–Trinajstić information content (AvgIpc) is 2.58. The van der Waals surface area contributed by atoms with Crippen LogP contribution in [0.5, 0.6) is 0 Å². The molecule has 2 aromatic rings. The standard InChI is InChI=1S/C19H17ClF2O2S/c1-13-8-10-19(11-9-13,17-12-15(21)4-7-18(17)22)25(23,24)16-5-2-14(20)3-6-16/h2-7,12H,1,8-11H2. The molecule has 1 fully saturated rings. The van der Waals surface area contributed by atoms with Crippen LogP contribution in [0.1, 0.15) is 31.2 Å². The highest BCUT2D eigenvalue weighted by Crippen LogP contribution is 2.48. The van der Waals surface area contributed by atoms with Crippen LogP contribution in [0.3, 0.4) is 0 Å². The van der Waals surface area contributed by atoms with Gasteiger partial charge in [-0.1, -0.05) is 23.8 Å². The van der Waals surface area contributed by atoms with Crippen molar-refractivity contribution in [3.05, 3.63) is 76.8 Å². The van der Waals surface area contributed by atoms with Gasteiger partial charge in [-0.25, -0.2) is 17.2 Å². The maximum absolute atomic E-state index is 14.5. The molecule has 0 saturated heterocycles. The molecule has 0 atom stereocenters. The summed E-state index contributed by atoms with van der Waals surface area (Å²) in [6.45, 7) is 3.90. The summed E-state index contributed by atoms with van der Waals surface area (Å²) in [4.78, 5) is 0.0491. The van der Waals surface area contributed by atoms with Crippen molar-refractivity contribution in [1.82, 2.24) is 0 Å². The van der Waals surface area contributed by atoms with E-state index in [2.05, 4.69) is 6.58 Å². The van der Waals surface area contributed by atoms with Crippen molar-refractivity contribution in [1.29, 1.82) is 0 Å². The SMILES string of the molecule is C=C1CCC(c2cc(F)ccc2F)(S(=O)(=O)c2ccc(Cl)cc2)CC1. The van der Waals surface area contributed by atoms with Crippen LogP contribution in [0, 0.1) is 11.6 Å². The van der Waals surface area contributed by atoms with E-state index in [9.17, 15) is 17.2 Å². The van der Waals surface area contributed by atoms with Crippen molar-refractivity contribution in [3.8, 4) is 0 Å². The molecule has 3 rings (SSSR count). The lowest BCUT2D eigenvalue weighted by Crippen LogP contribution is -2.39. The van der Waals surface area contributed by atoms with Crippen LogP contribution in [-0.2, 0) is 14.6 Å². The Hall–Kier alpha value is -1.72. The van der Waals surface area contributed by atoms with Crippen molar-refractivity contribution in [2.24, 2.45) is 0 Å². The zero-order chi connectivity index (χ0) is 18.2. The van der Waals surface area contributed by atoms with Gasteiger partial charge in [0, 0.05) is 10.6 Å². The molecule has 0 radical (unpaired) electrons. The third-order valence-electron chi connectivity index (χ3n) is 4.82.